The standard InChI is InChI=1S/C10H12NO2/c1-3-11-10(12)8-6-4-5-7-9(8)13-2/h3-7H,1-2H3,(H,11,12). The van der Waals surface area contributed by atoms with Gasteiger partial charge in [0, 0.05) is 6.54 Å². The van der Waals surface area contributed by atoms with Crippen LogP contribution < -0.4 is 10.1 Å². The van der Waals surface area contributed by atoms with E-state index in [0.29, 0.717) is 11.3 Å². The van der Waals surface area contributed by atoms with Crippen LogP contribution in [-0.2, 0) is 0 Å². The van der Waals surface area contributed by atoms with E-state index in [-0.39, 0.29) is 5.91 Å². The number of nitrogens with one attached hydrogen (secondary N) is 1. The highest BCUT2D eigenvalue weighted by Gasteiger charge is 2.09. The number of amides is 1. The van der Waals surface area contributed by atoms with E-state index in [4.69, 9.17) is 4.74 Å². The van der Waals surface area contributed by atoms with Crippen molar-refractivity contribution in [2.24, 2.45) is 0 Å². The highest BCUT2D eigenvalue weighted by molar-refractivity contribution is 5.97. The molecule has 0 bridgehead atoms. The largest absolute Gasteiger partial charge is 0.496 e. The molecule has 0 aliphatic carbocycles. The van der Waals surface area contributed by atoms with Gasteiger partial charge in [-0.05, 0) is 19.1 Å². The summed E-state index contributed by atoms with van der Waals surface area (Å²) in [5.74, 6) is 0.432. The molecule has 1 aromatic carbocycles. The van der Waals surface area contributed by atoms with Crippen molar-refractivity contribution in [1.29, 1.82) is 0 Å². The van der Waals surface area contributed by atoms with Gasteiger partial charge in [0.05, 0.1) is 12.7 Å². The zero-order valence-electron chi connectivity index (χ0n) is 7.70. The number of carbonyl (C=O) groups excluding carboxylic acids is 1. The maximum Gasteiger partial charge on any atom is 0.255 e. The molecule has 0 aliphatic heterocycles. The highest BCUT2D eigenvalue weighted by atomic mass is 16.5. The third kappa shape index (κ3) is 2.21. The van der Waals surface area contributed by atoms with Crippen LogP contribution in [0.5, 0.6) is 5.75 Å². The van der Waals surface area contributed by atoms with E-state index in [1.807, 2.05) is 6.07 Å². The number of benzene rings is 1. The lowest BCUT2D eigenvalue weighted by Gasteiger charge is -2.06. The zero-order valence-corrected chi connectivity index (χ0v) is 7.70. The normalized spacial score (nSPS) is 9.38. The molecule has 0 saturated heterocycles. The van der Waals surface area contributed by atoms with Crippen molar-refractivity contribution < 1.29 is 9.53 Å². The first kappa shape index (κ1) is 9.58. The maximum absolute atomic E-state index is 11.4. The molecule has 3 nitrogen and oxygen atoms in total. The maximum atomic E-state index is 11.4. The van der Waals surface area contributed by atoms with Crippen LogP contribution in [-0.4, -0.2) is 13.0 Å². The monoisotopic (exact) mass is 178 g/mol. The predicted octanol–water partition coefficient (Wildman–Crippen LogP) is 1.61. The van der Waals surface area contributed by atoms with Crippen LogP contribution in [0.1, 0.15) is 17.3 Å². The van der Waals surface area contributed by atoms with Gasteiger partial charge in [-0.25, -0.2) is 0 Å². The van der Waals surface area contributed by atoms with Crippen LogP contribution in [0, 0.1) is 6.54 Å². The molecule has 1 amide bonds. The smallest absolute Gasteiger partial charge is 0.255 e. The summed E-state index contributed by atoms with van der Waals surface area (Å²) >= 11 is 0. The van der Waals surface area contributed by atoms with Gasteiger partial charge >= 0.3 is 0 Å². The minimum Gasteiger partial charge on any atom is -0.496 e. The summed E-state index contributed by atoms with van der Waals surface area (Å²) in [5.41, 5.74) is 0.545. The van der Waals surface area contributed by atoms with E-state index in [9.17, 15) is 4.79 Å². The average Bonchev–Trinajstić information content (AvgIpc) is 2.18. The Morgan fingerprint density at radius 3 is 2.77 bits per heavy atom. The van der Waals surface area contributed by atoms with Crippen molar-refractivity contribution >= 4 is 5.91 Å². The first-order valence-corrected chi connectivity index (χ1v) is 4.01. The number of carbonyl (C=O) groups is 1. The van der Waals surface area contributed by atoms with Gasteiger partial charge in [-0.1, -0.05) is 12.1 Å². The van der Waals surface area contributed by atoms with E-state index >= 15 is 0 Å². The van der Waals surface area contributed by atoms with Crippen molar-refractivity contribution in [1.82, 2.24) is 5.32 Å². The third-order valence-corrected chi connectivity index (χ3v) is 1.63. The first-order valence-electron chi connectivity index (χ1n) is 4.01. The lowest BCUT2D eigenvalue weighted by atomic mass is 10.2. The lowest BCUT2D eigenvalue weighted by Crippen LogP contribution is -2.19. The number of rotatable bonds is 3. The number of methoxy groups -OCH3 is 1. The number of ether oxygens (including phenoxy) is 1. The average molecular weight is 178 g/mol. The highest BCUT2D eigenvalue weighted by Crippen LogP contribution is 2.16. The van der Waals surface area contributed by atoms with Gasteiger partial charge in [0.25, 0.3) is 5.91 Å². The molecule has 0 fully saturated rings. The molecule has 1 radical (unpaired) electrons. The molecule has 69 valence electrons. The fourth-order valence-electron chi connectivity index (χ4n) is 1.04. The molecule has 3 heteroatoms. The number of hydrogen-bond acceptors (Lipinski definition) is 2. The molecule has 0 aromatic heterocycles. The Kier molecular flexibility index (Phi) is 3.31. The van der Waals surface area contributed by atoms with Crippen molar-refractivity contribution in [2.45, 2.75) is 6.92 Å². The van der Waals surface area contributed by atoms with Crippen LogP contribution in [0.2, 0.25) is 0 Å². The molecule has 0 saturated carbocycles. The van der Waals surface area contributed by atoms with Gasteiger partial charge < -0.3 is 10.1 Å². The summed E-state index contributed by atoms with van der Waals surface area (Å²) in [4.78, 5) is 11.4. The Hall–Kier alpha value is -1.51. The van der Waals surface area contributed by atoms with E-state index in [1.165, 1.54) is 0 Å². The Morgan fingerprint density at radius 1 is 1.46 bits per heavy atom. The molecule has 1 aromatic rings. The topological polar surface area (TPSA) is 38.3 Å². The molecule has 0 aliphatic rings. The first-order chi connectivity index (χ1) is 6.29. The molecular weight excluding hydrogens is 166 g/mol. The minimum absolute atomic E-state index is 0.153. The second-order valence-corrected chi connectivity index (χ2v) is 2.46. The Morgan fingerprint density at radius 2 is 2.15 bits per heavy atom. The minimum atomic E-state index is -0.153. The number of para-hydroxylation sites is 1. The molecule has 1 N–H and O–H groups in total. The second-order valence-electron chi connectivity index (χ2n) is 2.46. The fraction of sp³-hybridized carbons (Fsp3) is 0.200. The Bertz CT molecular complexity index is 297. The molecule has 1 rings (SSSR count). The molecule has 0 spiro atoms. The summed E-state index contributed by atoms with van der Waals surface area (Å²) in [6.07, 6.45) is 0. The third-order valence-electron chi connectivity index (χ3n) is 1.63. The predicted molar refractivity (Wildman–Crippen MR) is 50.4 cm³/mol. The van der Waals surface area contributed by atoms with E-state index < -0.39 is 0 Å². The van der Waals surface area contributed by atoms with E-state index in [1.54, 1.807) is 38.8 Å². The quantitative estimate of drug-likeness (QED) is 0.763. The van der Waals surface area contributed by atoms with Gasteiger partial charge in [0.1, 0.15) is 5.75 Å². The summed E-state index contributed by atoms with van der Waals surface area (Å²) in [6.45, 7) is 3.35. The van der Waals surface area contributed by atoms with Crippen LogP contribution >= 0.6 is 0 Å². The number of hydrogen-bond donors (Lipinski definition) is 1. The van der Waals surface area contributed by atoms with Crippen LogP contribution in [0.3, 0.4) is 0 Å². The molecule has 0 unspecified atom stereocenters. The lowest BCUT2D eigenvalue weighted by molar-refractivity contribution is 0.0961. The molecule has 13 heavy (non-hydrogen) atoms. The van der Waals surface area contributed by atoms with Crippen LogP contribution in [0.15, 0.2) is 24.3 Å². The summed E-state index contributed by atoms with van der Waals surface area (Å²) in [7, 11) is 1.54. The molecule has 0 heterocycles. The Balaban J connectivity index is 2.92. The fourth-order valence-corrected chi connectivity index (χ4v) is 1.04. The van der Waals surface area contributed by atoms with Crippen molar-refractivity contribution in [2.75, 3.05) is 7.11 Å². The summed E-state index contributed by atoms with van der Waals surface area (Å²) in [5, 5.41) is 2.59. The van der Waals surface area contributed by atoms with E-state index in [2.05, 4.69) is 5.32 Å². The van der Waals surface area contributed by atoms with Crippen LogP contribution in [0.4, 0.5) is 0 Å². The summed E-state index contributed by atoms with van der Waals surface area (Å²) in [6, 6.07) is 7.10. The molecule has 0 atom stereocenters. The van der Waals surface area contributed by atoms with Gasteiger partial charge in [-0.15, -0.1) is 0 Å². The summed E-state index contributed by atoms with van der Waals surface area (Å²) < 4.78 is 5.04. The SMILES string of the molecule is C[CH]NC(=O)c1ccccc1OC. The van der Waals surface area contributed by atoms with Gasteiger partial charge in [0.2, 0.25) is 0 Å². The van der Waals surface area contributed by atoms with Crippen molar-refractivity contribution in [3.05, 3.63) is 36.4 Å². The Labute approximate surface area is 77.7 Å². The second kappa shape index (κ2) is 4.50. The molecular formula is C10H12NO2. The van der Waals surface area contributed by atoms with Crippen molar-refractivity contribution in [3.8, 4) is 5.75 Å². The van der Waals surface area contributed by atoms with Crippen molar-refractivity contribution in [3.63, 3.8) is 0 Å². The van der Waals surface area contributed by atoms with Gasteiger partial charge in [0.15, 0.2) is 0 Å². The zero-order chi connectivity index (χ0) is 9.68. The van der Waals surface area contributed by atoms with E-state index in [0.717, 1.165) is 0 Å². The van der Waals surface area contributed by atoms with Gasteiger partial charge in [-0.2, -0.15) is 0 Å². The van der Waals surface area contributed by atoms with Gasteiger partial charge in [-0.3, -0.25) is 4.79 Å². The van der Waals surface area contributed by atoms with Crippen LogP contribution in [0.25, 0.3) is 0 Å².